The summed E-state index contributed by atoms with van der Waals surface area (Å²) in [6.07, 6.45) is 1.65. The lowest BCUT2D eigenvalue weighted by atomic mass is 10.0. The van der Waals surface area contributed by atoms with Crippen molar-refractivity contribution in [3.63, 3.8) is 0 Å². The summed E-state index contributed by atoms with van der Waals surface area (Å²) in [6, 6.07) is 40.8. The van der Waals surface area contributed by atoms with Gasteiger partial charge < -0.3 is 15.4 Å². The van der Waals surface area contributed by atoms with E-state index in [2.05, 4.69) is 10.6 Å². The molecule has 44 heavy (non-hydrogen) atoms. The molecule has 0 saturated heterocycles. The molecular formula is C37H30N2O4S. The molecule has 0 fully saturated rings. The van der Waals surface area contributed by atoms with Gasteiger partial charge in [-0.1, -0.05) is 84.9 Å². The first-order chi connectivity index (χ1) is 21.5. The number of hydrogen-bond acceptors (Lipinski definition) is 5. The quantitative estimate of drug-likeness (QED) is 0.0923. The van der Waals surface area contributed by atoms with Crippen molar-refractivity contribution in [3.05, 3.63) is 156 Å². The fraction of sp³-hybridized carbons (Fsp3) is 0.0541. The number of hydrogen-bond donors (Lipinski definition) is 2. The third-order valence-corrected chi connectivity index (χ3v) is 7.74. The van der Waals surface area contributed by atoms with Crippen LogP contribution in [0.2, 0.25) is 0 Å². The van der Waals surface area contributed by atoms with Gasteiger partial charge in [0.15, 0.2) is 5.78 Å². The minimum absolute atomic E-state index is 0.00739. The SMILES string of the molecule is COc1cccc(C(=O)CSc2ccc(NC(=O)/C(=C/c3ccc(-c4ccccc4)cc3)NC(=O)c3ccccc3)cc2)c1. The van der Waals surface area contributed by atoms with Gasteiger partial charge >= 0.3 is 0 Å². The second-order valence-corrected chi connectivity index (χ2v) is 10.8. The minimum atomic E-state index is -0.463. The Balaban J connectivity index is 1.28. The molecule has 218 valence electrons. The molecule has 0 aliphatic rings. The van der Waals surface area contributed by atoms with E-state index in [9.17, 15) is 14.4 Å². The van der Waals surface area contributed by atoms with E-state index in [1.54, 1.807) is 73.8 Å². The Bertz CT molecular complexity index is 1770. The second-order valence-electron chi connectivity index (χ2n) is 9.79. The maximum atomic E-state index is 13.4. The number of rotatable bonds is 11. The summed E-state index contributed by atoms with van der Waals surface area (Å²) < 4.78 is 5.21. The first-order valence-electron chi connectivity index (χ1n) is 13.9. The monoisotopic (exact) mass is 598 g/mol. The van der Waals surface area contributed by atoms with Crippen molar-refractivity contribution in [2.24, 2.45) is 0 Å². The molecule has 0 aliphatic carbocycles. The minimum Gasteiger partial charge on any atom is -0.497 e. The predicted octanol–water partition coefficient (Wildman–Crippen LogP) is 7.75. The van der Waals surface area contributed by atoms with Crippen LogP contribution in [-0.4, -0.2) is 30.5 Å². The van der Waals surface area contributed by atoms with Crippen LogP contribution in [-0.2, 0) is 4.79 Å². The van der Waals surface area contributed by atoms with Gasteiger partial charge in [0.25, 0.3) is 11.8 Å². The second kappa shape index (κ2) is 14.7. The van der Waals surface area contributed by atoms with Crippen molar-refractivity contribution in [2.45, 2.75) is 4.90 Å². The molecule has 0 unspecified atom stereocenters. The fourth-order valence-corrected chi connectivity index (χ4v) is 5.17. The van der Waals surface area contributed by atoms with Crippen LogP contribution >= 0.6 is 11.8 Å². The molecule has 2 amide bonds. The van der Waals surface area contributed by atoms with E-state index in [4.69, 9.17) is 4.74 Å². The number of ketones is 1. The van der Waals surface area contributed by atoms with Crippen LogP contribution in [0, 0.1) is 0 Å². The molecule has 6 nitrogen and oxygen atoms in total. The summed E-state index contributed by atoms with van der Waals surface area (Å²) in [5.41, 5.74) is 4.58. The topological polar surface area (TPSA) is 84.5 Å². The number of methoxy groups -OCH3 is 1. The van der Waals surface area contributed by atoms with Gasteiger partial charge in [0.1, 0.15) is 11.4 Å². The number of thioether (sulfide) groups is 1. The molecule has 0 saturated carbocycles. The number of anilines is 1. The first-order valence-corrected chi connectivity index (χ1v) is 14.9. The highest BCUT2D eigenvalue weighted by Crippen LogP contribution is 2.24. The maximum Gasteiger partial charge on any atom is 0.272 e. The van der Waals surface area contributed by atoms with E-state index in [0.717, 1.165) is 21.6 Å². The van der Waals surface area contributed by atoms with Crippen LogP contribution in [0.4, 0.5) is 5.69 Å². The van der Waals surface area contributed by atoms with Crippen LogP contribution in [0.3, 0.4) is 0 Å². The van der Waals surface area contributed by atoms with Crippen molar-refractivity contribution in [2.75, 3.05) is 18.2 Å². The van der Waals surface area contributed by atoms with Gasteiger partial charge in [-0.25, -0.2) is 0 Å². The van der Waals surface area contributed by atoms with E-state index in [-0.39, 0.29) is 23.1 Å². The van der Waals surface area contributed by atoms with Crippen molar-refractivity contribution < 1.29 is 19.1 Å². The van der Waals surface area contributed by atoms with Gasteiger partial charge in [0.05, 0.1) is 12.9 Å². The zero-order valence-corrected chi connectivity index (χ0v) is 24.8. The van der Waals surface area contributed by atoms with E-state index in [1.807, 2.05) is 72.8 Å². The highest BCUT2D eigenvalue weighted by atomic mass is 32.2. The van der Waals surface area contributed by atoms with Crippen LogP contribution in [0.5, 0.6) is 5.75 Å². The standard InChI is InChI=1S/C37H30N2O4S/c1-43-32-14-8-13-30(24-32)35(40)25-44-33-21-19-31(20-22-33)38-37(42)34(39-36(41)29-11-6-3-7-12-29)23-26-15-17-28(18-16-26)27-9-4-2-5-10-27/h2-24H,25H2,1H3,(H,38,42)(H,39,41)/b34-23-. The number of carbonyl (C=O) groups is 3. The lowest BCUT2D eigenvalue weighted by Gasteiger charge is -2.12. The van der Waals surface area contributed by atoms with Crippen molar-refractivity contribution in [1.29, 1.82) is 0 Å². The van der Waals surface area contributed by atoms with Gasteiger partial charge in [-0.3, -0.25) is 14.4 Å². The van der Waals surface area contributed by atoms with E-state index >= 15 is 0 Å². The summed E-state index contributed by atoms with van der Waals surface area (Å²) in [7, 11) is 1.57. The Labute approximate surface area is 260 Å². The van der Waals surface area contributed by atoms with Crippen LogP contribution in [0.15, 0.2) is 144 Å². The number of amides is 2. The Morgan fingerprint density at radius 1 is 0.705 bits per heavy atom. The number of Topliss-reactive ketones (excluding diaryl/α,β-unsaturated/α-hetero) is 1. The Morgan fingerprint density at radius 2 is 1.34 bits per heavy atom. The highest BCUT2D eigenvalue weighted by molar-refractivity contribution is 8.00. The van der Waals surface area contributed by atoms with Gasteiger partial charge in [-0.15, -0.1) is 11.8 Å². The Kier molecular flexibility index (Phi) is 10.0. The van der Waals surface area contributed by atoms with Gasteiger partial charge in [0, 0.05) is 21.7 Å². The van der Waals surface area contributed by atoms with Crippen LogP contribution in [0.1, 0.15) is 26.3 Å². The van der Waals surface area contributed by atoms with Crippen molar-refractivity contribution in [3.8, 4) is 16.9 Å². The van der Waals surface area contributed by atoms with E-state index in [0.29, 0.717) is 22.6 Å². The third kappa shape index (κ3) is 8.12. The predicted molar refractivity (Wildman–Crippen MR) is 177 cm³/mol. The molecule has 0 aliphatic heterocycles. The molecule has 0 atom stereocenters. The molecule has 2 N–H and O–H groups in total. The number of carbonyl (C=O) groups excluding carboxylic acids is 3. The average molecular weight is 599 g/mol. The molecule has 0 radical (unpaired) electrons. The molecule has 0 spiro atoms. The van der Waals surface area contributed by atoms with Gasteiger partial charge in [0.2, 0.25) is 0 Å². The van der Waals surface area contributed by atoms with Crippen molar-refractivity contribution >= 4 is 41.1 Å². The smallest absolute Gasteiger partial charge is 0.272 e. The highest BCUT2D eigenvalue weighted by Gasteiger charge is 2.15. The summed E-state index contributed by atoms with van der Waals surface area (Å²) >= 11 is 1.41. The largest absolute Gasteiger partial charge is 0.497 e. The molecular weight excluding hydrogens is 568 g/mol. The number of ether oxygens (including phenoxy) is 1. The zero-order valence-electron chi connectivity index (χ0n) is 24.0. The Hall–Kier alpha value is -5.40. The van der Waals surface area contributed by atoms with Crippen LogP contribution < -0.4 is 15.4 Å². The first kappa shape index (κ1) is 30.1. The van der Waals surface area contributed by atoms with Crippen LogP contribution in [0.25, 0.3) is 17.2 Å². The lowest BCUT2D eigenvalue weighted by Crippen LogP contribution is -2.30. The Morgan fingerprint density at radius 3 is 2.02 bits per heavy atom. The van der Waals surface area contributed by atoms with E-state index in [1.165, 1.54) is 11.8 Å². The molecule has 0 heterocycles. The average Bonchev–Trinajstić information content (AvgIpc) is 3.08. The molecule has 0 bridgehead atoms. The summed E-state index contributed by atoms with van der Waals surface area (Å²) in [5.74, 6) is 0.0429. The molecule has 0 aromatic heterocycles. The number of benzene rings is 5. The van der Waals surface area contributed by atoms with E-state index < -0.39 is 5.91 Å². The zero-order chi connectivity index (χ0) is 30.7. The maximum absolute atomic E-state index is 13.4. The van der Waals surface area contributed by atoms with Gasteiger partial charge in [-0.2, -0.15) is 0 Å². The third-order valence-electron chi connectivity index (χ3n) is 6.73. The molecule has 5 aromatic carbocycles. The summed E-state index contributed by atoms with van der Waals surface area (Å²) in [4.78, 5) is 39.9. The number of nitrogens with one attached hydrogen (secondary N) is 2. The summed E-state index contributed by atoms with van der Waals surface area (Å²) in [5, 5.41) is 5.65. The molecule has 7 heteroatoms. The molecule has 5 aromatic rings. The normalized spacial score (nSPS) is 11.0. The summed E-state index contributed by atoms with van der Waals surface area (Å²) in [6.45, 7) is 0. The fourth-order valence-electron chi connectivity index (χ4n) is 4.37. The van der Waals surface area contributed by atoms with Crippen molar-refractivity contribution in [1.82, 2.24) is 5.32 Å². The molecule has 5 rings (SSSR count). The van der Waals surface area contributed by atoms with Gasteiger partial charge in [-0.05, 0) is 71.3 Å². The lowest BCUT2D eigenvalue weighted by molar-refractivity contribution is -0.113.